The molecule has 0 aromatic heterocycles. The number of carbonyl (C=O) groups excluding carboxylic acids is 2. The van der Waals surface area contributed by atoms with Crippen molar-refractivity contribution in [3.05, 3.63) is 12.2 Å². The summed E-state index contributed by atoms with van der Waals surface area (Å²) >= 11 is 0. The van der Waals surface area contributed by atoms with Crippen LogP contribution in [0.25, 0.3) is 0 Å². The van der Waals surface area contributed by atoms with Gasteiger partial charge in [-0.25, -0.2) is 0 Å². The second-order valence-electron chi connectivity index (χ2n) is 22.1. The number of nitrogens with zero attached hydrogens (tertiary/aromatic N) is 1. The Labute approximate surface area is 435 Å². The second-order valence-corrected chi connectivity index (χ2v) is 23.5. The summed E-state index contributed by atoms with van der Waals surface area (Å²) in [6, 6.07) is 0. The molecular formula is C60H118NO8P. The molecule has 0 aromatic carbocycles. The summed E-state index contributed by atoms with van der Waals surface area (Å²) in [7, 11) is 1.18. The third-order valence-electron chi connectivity index (χ3n) is 13.8. The van der Waals surface area contributed by atoms with E-state index in [-0.39, 0.29) is 32.0 Å². The lowest BCUT2D eigenvalue weighted by Crippen LogP contribution is -2.37. The fourth-order valence-corrected chi connectivity index (χ4v) is 9.78. The molecule has 0 fully saturated rings. The summed E-state index contributed by atoms with van der Waals surface area (Å²) in [6.07, 6.45) is 61.7. The number of phosphoric acid groups is 1. The maximum Gasteiger partial charge on any atom is 0.306 e. The van der Waals surface area contributed by atoms with E-state index >= 15 is 0 Å². The predicted octanol–water partition coefficient (Wildman–Crippen LogP) is 18.2. The first-order valence-corrected chi connectivity index (χ1v) is 31.9. The normalized spacial score (nSPS) is 13.3. The Bertz CT molecular complexity index is 1190. The minimum absolute atomic E-state index is 0.0291. The van der Waals surface area contributed by atoms with Gasteiger partial charge in [-0.15, -0.1) is 0 Å². The zero-order chi connectivity index (χ0) is 51.3. The Balaban J connectivity index is 3.84. The summed E-state index contributed by atoms with van der Waals surface area (Å²) in [5.74, 6) is -0.830. The topological polar surface area (TPSA) is 111 Å². The lowest BCUT2D eigenvalue weighted by atomic mass is 10.0. The molecule has 416 valence electrons. The maximum atomic E-state index is 12.7. The van der Waals surface area contributed by atoms with E-state index in [9.17, 15) is 19.0 Å². The molecule has 0 rings (SSSR count). The van der Waals surface area contributed by atoms with Gasteiger partial charge in [0.2, 0.25) is 0 Å². The number of esters is 2. The van der Waals surface area contributed by atoms with Crippen molar-refractivity contribution in [3.63, 3.8) is 0 Å². The minimum Gasteiger partial charge on any atom is -0.756 e. The number of ether oxygens (including phenoxy) is 2. The van der Waals surface area contributed by atoms with Crippen LogP contribution in [-0.2, 0) is 32.7 Å². The van der Waals surface area contributed by atoms with Gasteiger partial charge in [-0.2, -0.15) is 0 Å². The second kappa shape index (κ2) is 52.6. The van der Waals surface area contributed by atoms with E-state index in [2.05, 4.69) is 26.0 Å². The van der Waals surface area contributed by atoms with Crippen LogP contribution in [0, 0.1) is 0 Å². The first-order chi connectivity index (χ1) is 34.0. The van der Waals surface area contributed by atoms with Crippen LogP contribution in [0.4, 0.5) is 0 Å². The van der Waals surface area contributed by atoms with Crippen molar-refractivity contribution in [3.8, 4) is 0 Å². The smallest absolute Gasteiger partial charge is 0.306 e. The molecule has 0 aliphatic heterocycles. The third kappa shape index (κ3) is 56.1. The standard InChI is InChI=1S/C60H118NO8P/c1-6-8-10-12-14-16-18-19-20-21-22-23-24-25-26-27-28-29-30-31-32-33-34-35-36-37-38-39-40-41-43-44-46-48-50-52-59(62)66-56-58(57-68-70(64,65)67-55-54-61(3,4)5)69-60(63)53-51-49-47-45-42-17-15-13-11-9-7-2/h13,15,58H,6-12,14,16-57H2,1-5H3/b15-13-. The lowest BCUT2D eigenvalue weighted by Gasteiger charge is -2.28. The van der Waals surface area contributed by atoms with Gasteiger partial charge < -0.3 is 27.9 Å². The van der Waals surface area contributed by atoms with E-state index in [4.69, 9.17) is 18.5 Å². The van der Waals surface area contributed by atoms with Crippen molar-refractivity contribution >= 4 is 19.8 Å². The molecule has 0 N–H and O–H groups in total. The monoisotopic (exact) mass is 1010 g/mol. The molecule has 0 saturated heterocycles. The average Bonchev–Trinajstić information content (AvgIpc) is 3.32. The van der Waals surface area contributed by atoms with Gasteiger partial charge in [0.05, 0.1) is 27.7 Å². The summed E-state index contributed by atoms with van der Waals surface area (Å²) in [4.78, 5) is 37.7. The van der Waals surface area contributed by atoms with E-state index in [0.29, 0.717) is 17.4 Å². The molecule has 0 spiro atoms. The average molecular weight is 1010 g/mol. The van der Waals surface area contributed by atoms with Crippen LogP contribution in [0.3, 0.4) is 0 Å². The number of likely N-dealkylation sites (N-methyl/N-ethyl adjacent to an activating group) is 1. The number of hydrogen-bond donors (Lipinski definition) is 0. The van der Waals surface area contributed by atoms with Crippen LogP contribution in [0.5, 0.6) is 0 Å². The van der Waals surface area contributed by atoms with Crippen molar-refractivity contribution in [2.45, 2.75) is 315 Å². The molecular weight excluding hydrogens is 894 g/mol. The SMILES string of the molecule is CCCC/C=C\CCCCCCCC(=O)OC(COC(=O)CCCCCCCCCCCCCCCCCCCCCCCCCCCCCCCCCCCCC)COP(=O)([O-])OCC[N+](C)(C)C. The van der Waals surface area contributed by atoms with Gasteiger partial charge in [0.1, 0.15) is 19.8 Å². The highest BCUT2D eigenvalue weighted by Crippen LogP contribution is 2.38. The molecule has 70 heavy (non-hydrogen) atoms. The molecule has 0 aliphatic rings. The van der Waals surface area contributed by atoms with Gasteiger partial charge in [-0.05, 0) is 32.1 Å². The molecule has 0 amide bonds. The van der Waals surface area contributed by atoms with Crippen LogP contribution in [-0.4, -0.2) is 70.0 Å². The van der Waals surface area contributed by atoms with Gasteiger partial charge in [0, 0.05) is 12.8 Å². The van der Waals surface area contributed by atoms with Gasteiger partial charge in [-0.1, -0.05) is 276 Å². The number of quaternary nitrogens is 1. The Morgan fingerprint density at radius 1 is 0.429 bits per heavy atom. The predicted molar refractivity (Wildman–Crippen MR) is 296 cm³/mol. The summed E-state index contributed by atoms with van der Waals surface area (Å²) < 4.78 is 34.0. The minimum atomic E-state index is -4.63. The molecule has 0 bridgehead atoms. The van der Waals surface area contributed by atoms with Crippen LogP contribution < -0.4 is 4.89 Å². The Kier molecular flexibility index (Phi) is 51.7. The van der Waals surface area contributed by atoms with E-state index in [1.807, 2.05) is 21.1 Å². The Morgan fingerprint density at radius 3 is 1.10 bits per heavy atom. The van der Waals surface area contributed by atoms with E-state index in [1.165, 1.54) is 218 Å². The molecule has 0 saturated carbocycles. The molecule has 9 nitrogen and oxygen atoms in total. The van der Waals surface area contributed by atoms with Crippen molar-refractivity contribution in [1.29, 1.82) is 0 Å². The maximum absolute atomic E-state index is 12.7. The van der Waals surface area contributed by atoms with Crippen molar-refractivity contribution < 1.29 is 42.1 Å². The van der Waals surface area contributed by atoms with Crippen molar-refractivity contribution in [2.75, 3.05) is 47.5 Å². The van der Waals surface area contributed by atoms with Gasteiger partial charge in [-0.3, -0.25) is 14.2 Å². The van der Waals surface area contributed by atoms with Crippen LogP contribution in [0.15, 0.2) is 12.2 Å². The van der Waals surface area contributed by atoms with Crippen molar-refractivity contribution in [2.24, 2.45) is 0 Å². The molecule has 0 radical (unpaired) electrons. The summed E-state index contributed by atoms with van der Waals surface area (Å²) in [5.41, 5.74) is 0. The first-order valence-electron chi connectivity index (χ1n) is 30.4. The van der Waals surface area contributed by atoms with Crippen LogP contribution >= 0.6 is 7.82 Å². The highest BCUT2D eigenvalue weighted by Gasteiger charge is 2.22. The Hall–Kier alpha value is -1.25. The van der Waals surface area contributed by atoms with Gasteiger partial charge >= 0.3 is 11.9 Å². The largest absolute Gasteiger partial charge is 0.756 e. The van der Waals surface area contributed by atoms with Gasteiger partial charge in [0.15, 0.2) is 6.10 Å². The number of allylic oxidation sites excluding steroid dienone is 2. The van der Waals surface area contributed by atoms with E-state index in [1.54, 1.807) is 0 Å². The fourth-order valence-electron chi connectivity index (χ4n) is 9.05. The van der Waals surface area contributed by atoms with E-state index in [0.717, 1.165) is 57.8 Å². The zero-order valence-corrected chi connectivity index (χ0v) is 48.1. The quantitative estimate of drug-likeness (QED) is 0.0195. The van der Waals surface area contributed by atoms with Crippen LogP contribution in [0.1, 0.15) is 309 Å². The first kappa shape index (κ1) is 68.8. The molecule has 0 heterocycles. The molecule has 10 heteroatoms. The summed E-state index contributed by atoms with van der Waals surface area (Å²) in [6.45, 7) is 4.23. The lowest BCUT2D eigenvalue weighted by molar-refractivity contribution is -0.870. The van der Waals surface area contributed by atoms with E-state index < -0.39 is 26.5 Å². The Morgan fingerprint density at radius 2 is 0.743 bits per heavy atom. The molecule has 0 aliphatic carbocycles. The fraction of sp³-hybridized carbons (Fsp3) is 0.933. The van der Waals surface area contributed by atoms with Gasteiger partial charge in [0.25, 0.3) is 7.82 Å². The number of unbranched alkanes of at least 4 members (excludes halogenated alkanes) is 41. The zero-order valence-electron chi connectivity index (χ0n) is 47.2. The van der Waals surface area contributed by atoms with Crippen molar-refractivity contribution in [1.82, 2.24) is 0 Å². The summed E-state index contributed by atoms with van der Waals surface area (Å²) in [5, 5.41) is 0. The molecule has 0 aromatic rings. The number of phosphoric ester groups is 1. The number of carbonyl (C=O) groups is 2. The van der Waals surface area contributed by atoms with Crippen LogP contribution in [0.2, 0.25) is 0 Å². The highest BCUT2D eigenvalue weighted by atomic mass is 31.2. The third-order valence-corrected chi connectivity index (χ3v) is 14.7. The molecule has 2 atom stereocenters. The molecule has 2 unspecified atom stereocenters. The highest BCUT2D eigenvalue weighted by molar-refractivity contribution is 7.45. The number of hydrogen-bond acceptors (Lipinski definition) is 8. The number of rotatable bonds is 57.